The number of fused-ring (bicyclic) bond motifs is 3. The number of thiazole rings is 1. The molecule has 0 amide bonds. The van der Waals surface area contributed by atoms with Crippen LogP contribution in [0.1, 0.15) is 40.5 Å². The molecule has 3 aromatic heterocycles. The minimum Gasteiger partial charge on any atom is -0.344 e. The Balaban J connectivity index is 1.46. The van der Waals surface area contributed by atoms with Crippen molar-refractivity contribution >= 4 is 22.2 Å². The summed E-state index contributed by atoms with van der Waals surface area (Å²) < 4.78 is 2.56. The van der Waals surface area contributed by atoms with E-state index in [1.165, 1.54) is 32.7 Å². The Labute approximate surface area is 182 Å². The smallest absolute Gasteiger partial charge is 0.0950 e. The van der Waals surface area contributed by atoms with E-state index in [-0.39, 0.29) is 0 Å². The Morgan fingerprint density at radius 2 is 2.03 bits per heavy atom. The van der Waals surface area contributed by atoms with Crippen LogP contribution in [0.3, 0.4) is 0 Å². The quantitative estimate of drug-likeness (QED) is 0.436. The highest BCUT2D eigenvalue weighted by Gasteiger charge is 2.27. The van der Waals surface area contributed by atoms with Crippen LogP contribution in [0.2, 0.25) is 0 Å². The van der Waals surface area contributed by atoms with E-state index in [1.54, 1.807) is 11.3 Å². The van der Waals surface area contributed by atoms with E-state index in [2.05, 4.69) is 65.0 Å². The molecule has 1 atom stereocenters. The van der Waals surface area contributed by atoms with E-state index >= 15 is 0 Å². The lowest BCUT2D eigenvalue weighted by Gasteiger charge is -2.31. The summed E-state index contributed by atoms with van der Waals surface area (Å²) in [6.45, 7) is 8.64. The molecule has 0 aliphatic carbocycles. The summed E-state index contributed by atoms with van der Waals surface area (Å²) in [7, 11) is 2.24. The monoisotopic (exact) mass is 416 g/mol. The first-order valence-electron chi connectivity index (χ1n) is 10.7. The number of nitrogens with zero attached hydrogens (tertiary/aromatic N) is 4. The molecule has 154 valence electrons. The van der Waals surface area contributed by atoms with Gasteiger partial charge < -0.3 is 4.57 Å². The van der Waals surface area contributed by atoms with Crippen molar-refractivity contribution in [3.05, 3.63) is 69.4 Å². The first-order valence-corrected chi connectivity index (χ1v) is 11.6. The van der Waals surface area contributed by atoms with Gasteiger partial charge in [0.25, 0.3) is 0 Å². The highest BCUT2D eigenvalue weighted by Crippen LogP contribution is 2.37. The van der Waals surface area contributed by atoms with Crippen molar-refractivity contribution in [3.63, 3.8) is 0 Å². The molecular weight excluding hydrogens is 388 g/mol. The van der Waals surface area contributed by atoms with Gasteiger partial charge in [-0.2, -0.15) is 0 Å². The van der Waals surface area contributed by atoms with E-state index in [0.717, 1.165) is 42.9 Å². The zero-order valence-electron chi connectivity index (χ0n) is 18.1. The summed E-state index contributed by atoms with van der Waals surface area (Å²) in [5.74, 6) is 0. The number of pyridine rings is 1. The van der Waals surface area contributed by atoms with E-state index in [4.69, 9.17) is 4.98 Å². The zero-order valence-corrected chi connectivity index (χ0v) is 19.0. The van der Waals surface area contributed by atoms with E-state index in [9.17, 15) is 0 Å². The largest absolute Gasteiger partial charge is 0.344 e. The van der Waals surface area contributed by atoms with Crippen LogP contribution < -0.4 is 0 Å². The lowest BCUT2D eigenvalue weighted by Crippen LogP contribution is -2.31. The molecule has 1 unspecified atom stereocenters. The molecule has 4 nitrogen and oxygen atoms in total. The van der Waals surface area contributed by atoms with Crippen LogP contribution in [0, 0.1) is 13.8 Å². The summed E-state index contributed by atoms with van der Waals surface area (Å²) in [4.78, 5) is 11.8. The van der Waals surface area contributed by atoms with Crippen LogP contribution in [0.5, 0.6) is 0 Å². The van der Waals surface area contributed by atoms with E-state index in [1.807, 2.05) is 19.2 Å². The van der Waals surface area contributed by atoms with Crippen LogP contribution in [0.4, 0.5) is 0 Å². The number of aryl methyl sites for hydroxylation is 4. The fraction of sp³-hybridized carbons (Fsp3) is 0.360. The predicted octanol–water partition coefficient (Wildman–Crippen LogP) is 5.57. The van der Waals surface area contributed by atoms with Gasteiger partial charge in [0.15, 0.2) is 0 Å². The molecule has 0 N–H and O–H groups in total. The molecule has 0 spiro atoms. The van der Waals surface area contributed by atoms with Crippen LogP contribution in [-0.2, 0) is 19.4 Å². The van der Waals surface area contributed by atoms with Gasteiger partial charge in [0.1, 0.15) is 0 Å². The Morgan fingerprint density at radius 3 is 2.83 bits per heavy atom. The Kier molecular flexibility index (Phi) is 4.95. The average molecular weight is 417 g/mol. The molecule has 0 saturated heterocycles. The van der Waals surface area contributed by atoms with Crippen molar-refractivity contribution in [3.8, 4) is 11.3 Å². The van der Waals surface area contributed by atoms with Crippen LogP contribution in [-0.4, -0.2) is 33.0 Å². The van der Waals surface area contributed by atoms with Crippen molar-refractivity contribution in [1.82, 2.24) is 19.4 Å². The van der Waals surface area contributed by atoms with Crippen LogP contribution >= 0.6 is 11.3 Å². The van der Waals surface area contributed by atoms with Gasteiger partial charge in [0.05, 0.1) is 10.7 Å². The fourth-order valence-corrected chi connectivity index (χ4v) is 5.42. The molecule has 1 aliphatic heterocycles. The minimum absolute atomic E-state index is 0.458. The zero-order chi connectivity index (χ0) is 20.8. The SMILES string of the molecule is Cc1ccc2c(c1)c1c(n2CCc2nc(-c3ccc(C)nc3)cs2)CCN(C)C1C. The van der Waals surface area contributed by atoms with Crippen LogP contribution in [0.25, 0.3) is 22.2 Å². The van der Waals surface area contributed by atoms with Crippen molar-refractivity contribution in [2.45, 2.75) is 46.2 Å². The molecular formula is C25H28N4S. The second-order valence-electron chi connectivity index (χ2n) is 8.50. The van der Waals surface area contributed by atoms with Gasteiger partial charge in [-0.1, -0.05) is 11.6 Å². The summed E-state index contributed by atoms with van der Waals surface area (Å²) >= 11 is 1.76. The molecule has 4 aromatic rings. The summed E-state index contributed by atoms with van der Waals surface area (Å²) in [5, 5.41) is 4.77. The second kappa shape index (κ2) is 7.64. The maximum absolute atomic E-state index is 4.90. The number of hydrogen-bond acceptors (Lipinski definition) is 4. The fourth-order valence-electron chi connectivity index (χ4n) is 4.62. The van der Waals surface area contributed by atoms with Gasteiger partial charge in [-0.25, -0.2) is 4.98 Å². The highest BCUT2D eigenvalue weighted by atomic mass is 32.1. The topological polar surface area (TPSA) is 34.0 Å². The maximum atomic E-state index is 4.90. The lowest BCUT2D eigenvalue weighted by atomic mass is 9.97. The van der Waals surface area contributed by atoms with Gasteiger partial charge in [0, 0.05) is 71.4 Å². The minimum atomic E-state index is 0.458. The lowest BCUT2D eigenvalue weighted by molar-refractivity contribution is 0.245. The third-order valence-corrected chi connectivity index (χ3v) is 7.37. The van der Waals surface area contributed by atoms with Crippen molar-refractivity contribution < 1.29 is 0 Å². The van der Waals surface area contributed by atoms with Crippen LogP contribution in [0.15, 0.2) is 41.9 Å². The van der Waals surface area contributed by atoms with Gasteiger partial charge >= 0.3 is 0 Å². The molecule has 5 heteroatoms. The van der Waals surface area contributed by atoms with Crippen molar-refractivity contribution in [2.75, 3.05) is 13.6 Å². The molecule has 0 radical (unpaired) electrons. The number of rotatable bonds is 4. The predicted molar refractivity (Wildman–Crippen MR) is 125 cm³/mol. The van der Waals surface area contributed by atoms with Gasteiger partial charge in [-0.15, -0.1) is 11.3 Å². The number of benzene rings is 1. The summed E-state index contributed by atoms with van der Waals surface area (Å²) in [5.41, 5.74) is 8.90. The first kappa shape index (κ1) is 19.5. The molecule has 5 rings (SSSR count). The first-order chi connectivity index (χ1) is 14.5. The molecule has 0 fully saturated rings. The molecule has 0 bridgehead atoms. The molecule has 1 aromatic carbocycles. The van der Waals surface area contributed by atoms with Gasteiger partial charge in [-0.05, 0) is 57.6 Å². The molecule has 30 heavy (non-hydrogen) atoms. The van der Waals surface area contributed by atoms with Crippen molar-refractivity contribution in [2.24, 2.45) is 0 Å². The standard InChI is InChI=1S/C25H28N4S/c1-16-5-8-22-20(13-16)25-18(3)28(4)11-9-23(25)29(22)12-10-24-27-21(15-30-24)19-7-6-17(2)26-14-19/h5-8,13-15,18H,9-12H2,1-4H3. The average Bonchev–Trinajstić information content (AvgIpc) is 3.32. The van der Waals surface area contributed by atoms with Gasteiger partial charge in [0.2, 0.25) is 0 Å². The summed E-state index contributed by atoms with van der Waals surface area (Å²) in [6, 6.07) is 11.5. The third kappa shape index (κ3) is 3.36. The number of hydrogen-bond donors (Lipinski definition) is 0. The Morgan fingerprint density at radius 1 is 1.17 bits per heavy atom. The highest BCUT2D eigenvalue weighted by molar-refractivity contribution is 7.09. The Hall–Kier alpha value is -2.50. The maximum Gasteiger partial charge on any atom is 0.0950 e. The molecule has 1 aliphatic rings. The Bertz CT molecular complexity index is 1200. The van der Waals surface area contributed by atoms with E-state index < -0.39 is 0 Å². The van der Waals surface area contributed by atoms with E-state index in [0.29, 0.717) is 6.04 Å². The van der Waals surface area contributed by atoms with Crippen molar-refractivity contribution in [1.29, 1.82) is 0 Å². The molecule has 4 heterocycles. The molecule has 0 saturated carbocycles. The third-order valence-electron chi connectivity index (χ3n) is 6.46. The van der Waals surface area contributed by atoms with Gasteiger partial charge in [-0.3, -0.25) is 9.88 Å². The summed E-state index contributed by atoms with van der Waals surface area (Å²) in [6.07, 6.45) is 3.99. The normalized spacial score (nSPS) is 16.9. The number of aromatic nitrogens is 3. The second-order valence-corrected chi connectivity index (χ2v) is 9.45. The number of likely N-dealkylation sites (N-methyl/N-ethyl adjacent to an activating group) is 1.